The Balaban J connectivity index is 1.66. The number of hydrogen-bond acceptors (Lipinski definition) is 6. The van der Waals surface area contributed by atoms with E-state index in [9.17, 15) is 9.59 Å². The quantitative estimate of drug-likeness (QED) is 0.317. The molecule has 0 N–H and O–H groups in total. The second-order valence-electron chi connectivity index (χ2n) is 6.76. The van der Waals surface area contributed by atoms with Crippen molar-refractivity contribution >= 4 is 34.2 Å². The van der Waals surface area contributed by atoms with Gasteiger partial charge in [-0.2, -0.15) is 0 Å². The van der Waals surface area contributed by atoms with E-state index in [4.69, 9.17) is 4.74 Å². The van der Waals surface area contributed by atoms with Gasteiger partial charge in [0.1, 0.15) is 5.75 Å². The van der Waals surface area contributed by atoms with Crippen LogP contribution in [0.15, 0.2) is 58.5 Å². The molecule has 0 saturated heterocycles. The molecule has 0 bridgehead atoms. The Bertz CT molecular complexity index is 1260. The van der Waals surface area contributed by atoms with Crippen molar-refractivity contribution in [2.45, 2.75) is 32.0 Å². The zero-order valence-corrected chi connectivity index (χ0v) is 17.7. The fourth-order valence-corrected chi connectivity index (χ4v) is 4.20. The molecule has 0 aliphatic rings. The van der Waals surface area contributed by atoms with E-state index < -0.39 is 0 Å². The van der Waals surface area contributed by atoms with Crippen molar-refractivity contribution in [1.29, 1.82) is 0 Å². The first-order chi connectivity index (χ1) is 14.6. The third-order valence-corrected chi connectivity index (χ3v) is 5.67. The molecular weight excluding hydrogens is 400 g/mol. The number of hydrogen-bond donors (Lipinski definition) is 0. The fraction of sp³-hybridized carbons (Fsp3) is 0.273. The Morgan fingerprint density at radius 3 is 2.57 bits per heavy atom. The van der Waals surface area contributed by atoms with Crippen LogP contribution < -0.4 is 10.3 Å². The highest BCUT2D eigenvalue weighted by molar-refractivity contribution is 7.99. The summed E-state index contributed by atoms with van der Waals surface area (Å²) in [6, 6.07) is 14.5. The molecular formula is C22H22N4O3S. The molecule has 7 nitrogen and oxygen atoms in total. The van der Waals surface area contributed by atoms with E-state index in [1.165, 1.54) is 11.8 Å². The van der Waals surface area contributed by atoms with E-state index in [-0.39, 0.29) is 17.1 Å². The van der Waals surface area contributed by atoms with Gasteiger partial charge in [0.15, 0.2) is 10.9 Å². The minimum Gasteiger partial charge on any atom is -0.494 e. The second kappa shape index (κ2) is 8.71. The van der Waals surface area contributed by atoms with Crippen molar-refractivity contribution in [2.24, 2.45) is 0 Å². The molecule has 154 valence electrons. The molecule has 2 aromatic heterocycles. The van der Waals surface area contributed by atoms with E-state index in [2.05, 4.69) is 10.2 Å². The molecule has 0 fully saturated rings. The largest absolute Gasteiger partial charge is 0.494 e. The van der Waals surface area contributed by atoms with Gasteiger partial charge in [0.2, 0.25) is 5.78 Å². The molecule has 0 unspecified atom stereocenters. The second-order valence-corrected chi connectivity index (χ2v) is 7.70. The fourth-order valence-electron chi connectivity index (χ4n) is 3.37. The summed E-state index contributed by atoms with van der Waals surface area (Å²) in [7, 11) is 0. The lowest BCUT2D eigenvalue weighted by Crippen LogP contribution is -2.23. The van der Waals surface area contributed by atoms with Gasteiger partial charge in [0.25, 0.3) is 5.56 Å². The summed E-state index contributed by atoms with van der Waals surface area (Å²) in [5.74, 6) is 1.45. The third-order valence-electron chi connectivity index (χ3n) is 4.75. The van der Waals surface area contributed by atoms with Gasteiger partial charge in [-0.1, -0.05) is 30.8 Å². The number of carbonyl (C=O) groups is 1. The molecule has 30 heavy (non-hydrogen) atoms. The number of aryl methyl sites for hydroxylation is 1. The highest BCUT2D eigenvalue weighted by Gasteiger charge is 2.17. The Hall–Kier alpha value is -3.13. The van der Waals surface area contributed by atoms with Crippen molar-refractivity contribution in [3.63, 3.8) is 0 Å². The smallest absolute Gasteiger partial charge is 0.262 e. The van der Waals surface area contributed by atoms with Crippen LogP contribution in [0.3, 0.4) is 0 Å². The van der Waals surface area contributed by atoms with Crippen LogP contribution in [-0.4, -0.2) is 37.3 Å². The number of thioether (sulfide) groups is 1. The SMILES string of the molecule is CCCn1c(=O)c2ccccc2n2c(SCC(=O)c3ccc(OCC)cc3)nnc12. The Labute approximate surface area is 177 Å². The van der Waals surface area contributed by atoms with E-state index in [1.54, 1.807) is 28.8 Å². The van der Waals surface area contributed by atoms with Crippen LogP contribution in [0.25, 0.3) is 16.7 Å². The number of aromatic nitrogens is 4. The minimum atomic E-state index is -0.0747. The molecule has 0 aliphatic heterocycles. The summed E-state index contributed by atoms with van der Waals surface area (Å²) in [5, 5.41) is 9.73. The number of Topliss-reactive ketones (excluding diaryl/α,β-unsaturated/α-hetero) is 1. The topological polar surface area (TPSA) is 78.5 Å². The van der Waals surface area contributed by atoms with Crippen LogP contribution >= 0.6 is 11.8 Å². The van der Waals surface area contributed by atoms with Gasteiger partial charge in [-0.25, -0.2) is 0 Å². The summed E-state index contributed by atoms with van der Waals surface area (Å²) in [6.45, 7) is 5.07. The molecule has 0 saturated carbocycles. The van der Waals surface area contributed by atoms with Crippen LogP contribution in [0.4, 0.5) is 0 Å². The van der Waals surface area contributed by atoms with Crippen molar-refractivity contribution in [3.05, 3.63) is 64.4 Å². The van der Waals surface area contributed by atoms with Gasteiger partial charge in [-0.3, -0.25) is 18.6 Å². The minimum absolute atomic E-state index is 0.00835. The lowest BCUT2D eigenvalue weighted by molar-refractivity contribution is 0.102. The van der Waals surface area contributed by atoms with Gasteiger partial charge in [0, 0.05) is 12.1 Å². The van der Waals surface area contributed by atoms with E-state index >= 15 is 0 Å². The molecule has 4 aromatic rings. The number of carbonyl (C=O) groups excluding carboxylic acids is 1. The Kier molecular flexibility index (Phi) is 5.85. The number of benzene rings is 2. The predicted molar refractivity (Wildman–Crippen MR) is 118 cm³/mol. The maximum atomic E-state index is 12.9. The van der Waals surface area contributed by atoms with Crippen molar-refractivity contribution < 1.29 is 9.53 Å². The number of nitrogens with zero attached hydrogens (tertiary/aromatic N) is 4. The van der Waals surface area contributed by atoms with Crippen LogP contribution in [-0.2, 0) is 6.54 Å². The summed E-state index contributed by atoms with van der Waals surface area (Å²) in [4.78, 5) is 25.5. The third kappa shape index (κ3) is 3.70. The highest BCUT2D eigenvalue weighted by Crippen LogP contribution is 2.23. The van der Waals surface area contributed by atoms with Crippen LogP contribution in [0.5, 0.6) is 5.75 Å². The maximum Gasteiger partial charge on any atom is 0.262 e. The molecule has 0 amide bonds. The van der Waals surface area contributed by atoms with E-state index in [1.807, 2.05) is 42.5 Å². The van der Waals surface area contributed by atoms with Crippen LogP contribution in [0, 0.1) is 0 Å². The van der Waals surface area contributed by atoms with Gasteiger partial charge in [-0.05, 0) is 49.7 Å². The first-order valence-electron chi connectivity index (χ1n) is 9.89. The van der Waals surface area contributed by atoms with Crippen molar-refractivity contribution in [3.8, 4) is 5.75 Å². The van der Waals surface area contributed by atoms with Crippen molar-refractivity contribution in [1.82, 2.24) is 19.2 Å². The number of fused-ring (bicyclic) bond motifs is 3. The highest BCUT2D eigenvalue weighted by atomic mass is 32.2. The summed E-state index contributed by atoms with van der Waals surface area (Å²) < 4.78 is 8.93. The Morgan fingerprint density at radius 1 is 1.07 bits per heavy atom. The number of ketones is 1. The molecule has 0 spiro atoms. The summed E-state index contributed by atoms with van der Waals surface area (Å²) >= 11 is 1.31. The summed E-state index contributed by atoms with van der Waals surface area (Å²) in [6.07, 6.45) is 0.805. The van der Waals surface area contributed by atoms with Gasteiger partial charge in [0.05, 0.1) is 23.3 Å². The van der Waals surface area contributed by atoms with Crippen LogP contribution in [0.1, 0.15) is 30.6 Å². The normalized spacial score (nSPS) is 11.3. The summed E-state index contributed by atoms with van der Waals surface area (Å²) in [5.41, 5.74) is 1.28. The monoisotopic (exact) mass is 422 g/mol. The zero-order valence-electron chi connectivity index (χ0n) is 16.9. The lowest BCUT2D eigenvalue weighted by atomic mass is 10.1. The molecule has 8 heteroatoms. The zero-order chi connectivity index (χ0) is 21.1. The molecule has 2 heterocycles. The number of ether oxygens (including phenoxy) is 1. The molecule has 0 radical (unpaired) electrons. The Morgan fingerprint density at radius 2 is 1.83 bits per heavy atom. The molecule has 0 atom stereocenters. The average Bonchev–Trinajstić information content (AvgIpc) is 3.20. The lowest BCUT2D eigenvalue weighted by Gasteiger charge is -2.10. The number of para-hydroxylation sites is 1. The molecule has 0 aliphatic carbocycles. The number of rotatable bonds is 8. The first kappa shape index (κ1) is 20.2. The average molecular weight is 423 g/mol. The van der Waals surface area contributed by atoms with E-state index in [0.29, 0.717) is 35.0 Å². The van der Waals surface area contributed by atoms with Gasteiger partial charge >= 0.3 is 0 Å². The van der Waals surface area contributed by atoms with E-state index in [0.717, 1.165) is 17.7 Å². The predicted octanol–water partition coefficient (Wildman–Crippen LogP) is 3.83. The molecule has 2 aromatic carbocycles. The first-order valence-corrected chi connectivity index (χ1v) is 10.9. The van der Waals surface area contributed by atoms with Gasteiger partial charge in [-0.15, -0.1) is 10.2 Å². The van der Waals surface area contributed by atoms with Crippen LogP contribution in [0.2, 0.25) is 0 Å². The maximum absolute atomic E-state index is 12.9. The van der Waals surface area contributed by atoms with Gasteiger partial charge < -0.3 is 4.74 Å². The molecule has 4 rings (SSSR count). The standard InChI is InChI=1S/C22H22N4O3S/c1-3-13-25-20(28)17-7-5-6-8-18(17)26-21(25)23-24-22(26)30-14-19(27)15-9-11-16(12-10-15)29-4-2/h5-12H,3-4,13-14H2,1-2H3. The van der Waals surface area contributed by atoms with Crippen molar-refractivity contribution in [2.75, 3.05) is 12.4 Å².